The van der Waals surface area contributed by atoms with Gasteiger partial charge >= 0.3 is 6.09 Å². The van der Waals surface area contributed by atoms with Crippen LogP contribution >= 0.6 is 11.3 Å². The molecule has 0 atom stereocenters. The van der Waals surface area contributed by atoms with Crippen LogP contribution in [0.3, 0.4) is 0 Å². The Hall–Kier alpha value is -2.70. The van der Waals surface area contributed by atoms with Gasteiger partial charge in [0.2, 0.25) is 0 Å². The van der Waals surface area contributed by atoms with E-state index in [1.165, 1.54) is 11.3 Å². The third kappa shape index (κ3) is 6.68. The summed E-state index contributed by atoms with van der Waals surface area (Å²) in [5, 5.41) is 16.2. The number of aromatic nitrogens is 2. The summed E-state index contributed by atoms with van der Waals surface area (Å²) in [5.41, 5.74) is 0.668. The Balaban J connectivity index is 1.41. The van der Waals surface area contributed by atoms with Crippen molar-refractivity contribution in [2.24, 2.45) is 5.92 Å². The largest absolute Gasteiger partial charge is 0.444 e. The van der Waals surface area contributed by atoms with Gasteiger partial charge < -0.3 is 20.3 Å². The maximum absolute atomic E-state index is 12.2. The van der Waals surface area contributed by atoms with Crippen molar-refractivity contribution in [2.45, 2.75) is 45.8 Å². The molecular weight excluding hydrogens is 400 g/mol. The zero-order valence-electron chi connectivity index (χ0n) is 17.6. The van der Waals surface area contributed by atoms with Crippen LogP contribution in [-0.2, 0) is 11.3 Å². The van der Waals surface area contributed by atoms with E-state index in [9.17, 15) is 4.79 Å². The van der Waals surface area contributed by atoms with Gasteiger partial charge in [-0.2, -0.15) is 5.26 Å². The van der Waals surface area contributed by atoms with Gasteiger partial charge in [0.05, 0.1) is 6.20 Å². The van der Waals surface area contributed by atoms with Gasteiger partial charge in [-0.25, -0.2) is 14.8 Å². The fourth-order valence-electron chi connectivity index (χ4n) is 3.21. The predicted molar refractivity (Wildman–Crippen MR) is 117 cm³/mol. The Morgan fingerprint density at radius 1 is 1.37 bits per heavy atom. The monoisotopic (exact) mass is 428 g/mol. The van der Waals surface area contributed by atoms with E-state index >= 15 is 0 Å². The summed E-state index contributed by atoms with van der Waals surface area (Å²) in [6.45, 7) is 8.80. The number of anilines is 2. The minimum atomic E-state index is -0.453. The summed E-state index contributed by atoms with van der Waals surface area (Å²) in [5.74, 6) is 1.25. The summed E-state index contributed by atoms with van der Waals surface area (Å²) in [4.78, 5) is 23.0. The van der Waals surface area contributed by atoms with Gasteiger partial charge in [0.15, 0.2) is 5.13 Å². The second-order valence-corrected chi connectivity index (χ2v) is 9.39. The maximum atomic E-state index is 12.2. The highest BCUT2D eigenvalue weighted by atomic mass is 32.1. The van der Waals surface area contributed by atoms with Gasteiger partial charge in [0.1, 0.15) is 22.4 Å². The molecule has 8 nitrogen and oxygen atoms in total. The molecule has 0 saturated carbocycles. The Kier molecular flexibility index (Phi) is 7.24. The van der Waals surface area contributed by atoms with Gasteiger partial charge in [-0.15, -0.1) is 0 Å². The third-order valence-electron chi connectivity index (χ3n) is 4.70. The van der Waals surface area contributed by atoms with E-state index in [0.717, 1.165) is 44.6 Å². The first-order valence-electron chi connectivity index (χ1n) is 10.1. The molecule has 1 aliphatic heterocycles. The summed E-state index contributed by atoms with van der Waals surface area (Å²) in [6, 6.07) is 6.03. The summed E-state index contributed by atoms with van der Waals surface area (Å²) < 4.78 is 5.45. The number of hydrogen-bond donors (Lipinski definition) is 2. The van der Waals surface area contributed by atoms with E-state index in [1.807, 2.05) is 32.9 Å². The molecule has 0 spiro atoms. The van der Waals surface area contributed by atoms with Gasteiger partial charge in [-0.05, 0) is 63.8 Å². The molecule has 0 radical (unpaired) electrons. The van der Waals surface area contributed by atoms with Crippen molar-refractivity contribution < 1.29 is 9.53 Å². The van der Waals surface area contributed by atoms with Crippen LogP contribution in [0.25, 0.3) is 0 Å². The number of nitrogens with one attached hydrogen (secondary N) is 2. The lowest BCUT2D eigenvalue weighted by Gasteiger charge is -2.33. The molecule has 0 aliphatic carbocycles. The molecule has 1 amide bonds. The van der Waals surface area contributed by atoms with Crippen molar-refractivity contribution in [1.82, 2.24) is 20.2 Å². The number of hydrogen-bond acceptors (Lipinski definition) is 8. The zero-order valence-corrected chi connectivity index (χ0v) is 18.5. The quantitative estimate of drug-likeness (QED) is 0.719. The van der Waals surface area contributed by atoms with Crippen LogP contribution in [0.2, 0.25) is 0 Å². The summed E-state index contributed by atoms with van der Waals surface area (Å²) in [7, 11) is 0. The van der Waals surface area contributed by atoms with Crippen LogP contribution in [-0.4, -0.2) is 46.2 Å². The molecule has 2 aromatic heterocycles. The first kappa shape index (κ1) is 22.0. The third-order valence-corrected chi connectivity index (χ3v) is 5.52. The number of rotatable bonds is 6. The average molecular weight is 429 g/mol. The molecular formula is C21H28N6O2S. The smallest absolute Gasteiger partial charge is 0.410 e. The van der Waals surface area contributed by atoms with Gasteiger partial charge in [0.25, 0.3) is 0 Å². The number of amides is 1. The van der Waals surface area contributed by atoms with Crippen molar-refractivity contribution >= 4 is 28.4 Å². The predicted octanol–water partition coefficient (Wildman–Crippen LogP) is 3.89. The highest BCUT2D eigenvalue weighted by molar-refractivity contribution is 7.16. The molecule has 1 saturated heterocycles. The standard InChI is InChI=1S/C21H28N6O2S/c1-21(2,3)29-20(28)27-8-5-15(6-9-27)12-23-13-16-4-7-24-18(10-16)26-19-25-14-17(11-22)30-19/h4,7,10,14-15,23H,5-6,8-9,12-13H2,1-3H3,(H,24,25,26). The Morgan fingerprint density at radius 3 is 2.80 bits per heavy atom. The van der Waals surface area contributed by atoms with Crippen molar-refractivity contribution in [1.29, 1.82) is 5.26 Å². The molecule has 2 aromatic rings. The lowest BCUT2D eigenvalue weighted by molar-refractivity contribution is 0.0184. The Labute approximate surface area is 181 Å². The number of nitriles is 1. The van der Waals surface area contributed by atoms with Crippen LogP contribution < -0.4 is 10.6 Å². The van der Waals surface area contributed by atoms with Crippen LogP contribution in [0.1, 0.15) is 44.1 Å². The van der Waals surface area contributed by atoms with Crippen LogP contribution in [0.15, 0.2) is 24.5 Å². The van der Waals surface area contributed by atoms with E-state index in [-0.39, 0.29) is 6.09 Å². The fraction of sp³-hybridized carbons (Fsp3) is 0.524. The average Bonchev–Trinajstić information content (AvgIpc) is 3.15. The number of nitrogens with zero attached hydrogens (tertiary/aromatic N) is 4. The van der Waals surface area contributed by atoms with Gasteiger partial charge in [0, 0.05) is 25.8 Å². The Bertz CT molecular complexity index is 893. The maximum Gasteiger partial charge on any atom is 0.410 e. The molecule has 160 valence electrons. The first-order chi connectivity index (χ1) is 14.3. The number of likely N-dealkylation sites (tertiary alicyclic amines) is 1. The van der Waals surface area contributed by atoms with Crippen molar-refractivity contribution in [2.75, 3.05) is 25.0 Å². The van der Waals surface area contributed by atoms with Crippen LogP contribution in [0.5, 0.6) is 0 Å². The highest BCUT2D eigenvalue weighted by Gasteiger charge is 2.26. The molecule has 0 aromatic carbocycles. The van der Waals surface area contributed by atoms with Crippen molar-refractivity contribution in [3.05, 3.63) is 35.0 Å². The lowest BCUT2D eigenvalue weighted by Crippen LogP contribution is -2.43. The molecule has 3 rings (SSSR count). The molecule has 30 heavy (non-hydrogen) atoms. The lowest BCUT2D eigenvalue weighted by atomic mass is 9.97. The number of ether oxygens (including phenoxy) is 1. The number of carbonyl (C=O) groups is 1. The number of pyridine rings is 1. The van der Waals surface area contributed by atoms with E-state index in [4.69, 9.17) is 10.00 Å². The normalized spacial score (nSPS) is 14.9. The van der Waals surface area contributed by atoms with Gasteiger partial charge in [-0.3, -0.25) is 0 Å². The number of piperidine rings is 1. The minimum absolute atomic E-state index is 0.215. The molecule has 3 heterocycles. The summed E-state index contributed by atoms with van der Waals surface area (Å²) in [6.07, 6.45) is 5.04. The van der Waals surface area contributed by atoms with Crippen molar-refractivity contribution in [3.63, 3.8) is 0 Å². The number of carbonyl (C=O) groups excluding carboxylic acids is 1. The minimum Gasteiger partial charge on any atom is -0.444 e. The van der Waals surface area contributed by atoms with Crippen molar-refractivity contribution in [3.8, 4) is 6.07 Å². The van der Waals surface area contributed by atoms with Crippen LogP contribution in [0, 0.1) is 17.2 Å². The zero-order chi connectivity index (χ0) is 21.6. The van der Waals surface area contributed by atoms with Crippen LogP contribution in [0.4, 0.5) is 15.7 Å². The molecule has 0 bridgehead atoms. The molecule has 2 N–H and O–H groups in total. The second kappa shape index (κ2) is 9.87. The highest BCUT2D eigenvalue weighted by Crippen LogP contribution is 2.22. The van der Waals surface area contributed by atoms with E-state index < -0.39 is 5.60 Å². The Morgan fingerprint density at radius 2 is 2.13 bits per heavy atom. The topological polar surface area (TPSA) is 103 Å². The van der Waals surface area contributed by atoms with E-state index in [0.29, 0.717) is 21.7 Å². The number of thiazole rings is 1. The first-order valence-corrected chi connectivity index (χ1v) is 10.9. The molecule has 1 aliphatic rings. The molecule has 0 unspecified atom stereocenters. The summed E-state index contributed by atoms with van der Waals surface area (Å²) >= 11 is 1.30. The molecule has 1 fully saturated rings. The SMILES string of the molecule is CC(C)(C)OC(=O)N1CCC(CNCc2ccnc(Nc3ncc(C#N)s3)c2)CC1. The molecule has 9 heteroatoms. The second-order valence-electron chi connectivity index (χ2n) is 8.36. The van der Waals surface area contributed by atoms with Gasteiger partial charge in [-0.1, -0.05) is 11.3 Å². The van der Waals surface area contributed by atoms with E-state index in [2.05, 4.69) is 26.7 Å². The fourth-order valence-corrected chi connectivity index (χ4v) is 3.83. The van der Waals surface area contributed by atoms with E-state index in [1.54, 1.807) is 17.3 Å².